The fraction of sp³-hybridized carbons (Fsp3) is 0.889. The zero-order valence-corrected chi connectivity index (χ0v) is 20.2. The standard InChI is InChI=1S/C27H40FN3O/c1-15-5-7-20-18(11-15)6-8-22-21(20)9-10-27(4)24(22)16(2)17(3)25(27)23(32)14-31-26(28)19(12-29)13-30-31/h13,15-22,24-26H,5-11,14H2,1-4H3/t15?,16-,17?,18?,19?,20?,21?,22?,24?,25?,26?,27?/m1/s1. The lowest BCUT2D eigenvalue weighted by Gasteiger charge is -2.56. The van der Waals surface area contributed by atoms with Crippen LogP contribution in [0.15, 0.2) is 5.10 Å². The summed E-state index contributed by atoms with van der Waals surface area (Å²) in [6, 6.07) is 1.93. The summed E-state index contributed by atoms with van der Waals surface area (Å²) in [5, 5.41) is 14.4. The molecule has 0 bridgehead atoms. The zero-order valence-electron chi connectivity index (χ0n) is 20.2. The molecule has 0 N–H and O–H groups in total. The molecule has 0 aromatic rings. The van der Waals surface area contributed by atoms with Gasteiger partial charge in [-0.15, -0.1) is 0 Å². The van der Waals surface area contributed by atoms with Crippen LogP contribution in [0.2, 0.25) is 0 Å². The van der Waals surface area contributed by atoms with Gasteiger partial charge >= 0.3 is 0 Å². The first-order valence-electron chi connectivity index (χ1n) is 13.1. The van der Waals surface area contributed by atoms with Crippen molar-refractivity contribution < 1.29 is 9.18 Å². The van der Waals surface area contributed by atoms with Crippen LogP contribution in [-0.2, 0) is 4.79 Å². The highest BCUT2D eigenvalue weighted by atomic mass is 19.1. The zero-order chi connectivity index (χ0) is 22.8. The molecule has 12 atom stereocenters. The number of halogens is 1. The van der Waals surface area contributed by atoms with Gasteiger partial charge in [0.15, 0.2) is 5.78 Å². The summed E-state index contributed by atoms with van der Waals surface area (Å²) < 4.78 is 14.5. The molecule has 5 aliphatic rings. The van der Waals surface area contributed by atoms with E-state index in [4.69, 9.17) is 5.26 Å². The van der Waals surface area contributed by atoms with Crippen LogP contribution in [0.5, 0.6) is 0 Å². The quantitative estimate of drug-likeness (QED) is 0.529. The molecule has 11 unspecified atom stereocenters. The van der Waals surface area contributed by atoms with E-state index in [1.54, 1.807) is 0 Å². The van der Waals surface area contributed by atoms with E-state index in [0.717, 1.165) is 36.0 Å². The van der Waals surface area contributed by atoms with Gasteiger partial charge in [-0.3, -0.25) is 9.80 Å². The molecule has 4 fully saturated rings. The van der Waals surface area contributed by atoms with Crippen molar-refractivity contribution in [1.82, 2.24) is 5.01 Å². The third-order valence-corrected chi connectivity index (χ3v) is 10.9. The number of nitriles is 1. The van der Waals surface area contributed by atoms with Crippen LogP contribution < -0.4 is 0 Å². The normalized spacial score (nSPS) is 52.1. The van der Waals surface area contributed by atoms with E-state index >= 15 is 0 Å². The molecule has 0 spiro atoms. The van der Waals surface area contributed by atoms with E-state index in [9.17, 15) is 9.18 Å². The van der Waals surface area contributed by atoms with E-state index in [1.807, 2.05) is 6.07 Å². The summed E-state index contributed by atoms with van der Waals surface area (Å²) in [5.41, 5.74) is 0.00968. The minimum absolute atomic E-state index is 0.00341. The highest BCUT2D eigenvalue weighted by Gasteiger charge is 2.63. The summed E-state index contributed by atoms with van der Waals surface area (Å²) in [5.74, 6) is 4.99. The van der Waals surface area contributed by atoms with E-state index in [1.165, 1.54) is 49.7 Å². The highest BCUT2D eigenvalue weighted by molar-refractivity contribution is 5.85. The SMILES string of the molecule is CC1CCC2C(CCC3C2CCC2(C)C(C(=O)CN4N=CC(C#N)C4F)C(C)[C@@H](C)C32)C1. The first-order valence-corrected chi connectivity index (χ1v) is 13.1. The third kappa shape index (κ3) is 3.26. The second-order valence-corrected chi connectivity index (χ2v) is 12.4. The van der Waals surface area contributed by atoms with Crippen LogP contribution in [0.3, 0.4) is 0 Å². The van der Waals surface area contributed by atoms with Crippen molar-refractivity contribution in [3.63, 3.8) is 0 Å². The van der Waals surface area contributed by atoms with Crippen LogP contribution in [0, 0.1) is 75.9 Å². The molecule has 32 heavy (non-hydrogen) atoms. The van der Waals surface area contributed by atoms with Crippen LogP contribution in [-0.4, -0.2) is 29.8 Å². The number of ketones is 1. The molecule has 4 aliphatic carbocycles. The Morgan fingerprint density at radius 1 is 1.12 bits per heavy atom. The fourth-order valence-electron chi connectivity index (χ4n) is 9.57. The van der Waals surface area contributed by atoms with Crippen molar-refractivity contribution >= 4 is 12.0 Å². The minimum Gasteiger partial charge on any atom is -0.297 e. The largest absolute Gasteiger partial charge is 0.297 e. The third-order valence-electron chi connectivity index (χ3n) is 10.9. The summed E-state index contributed by atoms with van der Waals surface area (Å²) >= 11 is 0. The van der Waals surface area contributed by atoms with Gasteiger partial charge in [0.25, 0.3) is 0 Å². The number of hydrogen-bond donors (Lipinski definition) is 0. The van der Waals surface area contributed by atoms with E-state index in [2.05, 4.69) is 32.8 Å². The minimum atomic E-state index is -1.50. The number of fused-ring (bicyclic) bond motifs is 5. The maximum Gasteiger partial charge on any atom is 0.208 e. The average Bonchev–Trinajstić information content (AvgIpc) is 3.21. The fourth-order valence-corrected chi connectivity index (χ4v) is 9.57. The second kappa shape index (κ2) is 8.10. The van der Waals surface area contributed by atoms with Crippen molar-refractivity contribution in [2.75, 3.05) is 6.54 Å². The molecule has 0 saturated heterocycles. The van der Waals surface area contributed by atoms with Gasteiger partial charge in [0, 0.05) is 12.1 Å². The van der Waals surface area contributed by atoms with Crippen molar-refractivity contribution in [2.24, 2.45) is 69.7 Å². The van der Waals surface area contributed by atoms with E-state index in [0.29, 0.717) is 17.8 Å². The van der Waals surface area contributed by atoms with Crippen LogP contribution in [0.25, 0.3) is 0 Å². The predicted molar refractivity (Wildman–Crippen MR) is 123 cm³/mol. The average molecular weight is 442 g/mol. The van der Waals surface area contributed by atoms with Crippen molar-refractivity contribution in [3.8, 4) is 6.07 Å². The summed E-state index contributed by atoms with van der Waals surface area (Å²) in [4.78, 5) is 13.6. The number of alkyl halides is 1. The van der Waals surface area contributed by atoms with E-state index < -0.39 is 12.2 Å². The van der Waals surface area contributed by atoms with Gasteiger partial charge < -0.3 is 0 Å². The topological polar surface area (TPSA) is 56.5 Å². The van der Waals surface area contributed by atoms with Gasteiger partial charge in [0.05, 0.1) is 12.6 Å². The number of Topliss-reactive ketones (excluding diaryl/α,β-unsaturated/α-hetero) is 1. The van der Waals surface area contributed by atoms with E-state index in [-0.39, 0.29) is 23.7 Å². The number of carbonyl (C=O) groups excluding carboxylic acids is 1. The molecule has 5 heteroatoms. The lowest BCUT2D eigenvalue weighted by Crippen LogP contribution is -2.51. The van der Waals surface area contributed by atoms with Gasteiger partial charge in [0.2, 0.25) is 6.30 Å². The Balaban J connectivity index is 1.36. The molecule has 5 rings (SSSR count). The van der Waals surface area contributed by atoms with Gasteiger partial charge in [-0.2, -0.15) is 10.4 Å². The number of hydrazone groups is 1. The smallest absolute Gasteiger partial charge is 0.208 e. The Morgan fingerprint density at radius 2 is 1.88 bits per heavy atom. The summed E-state index contributed by atoms with van der Waals surface area (Å²) in [6.07, 6.45) is 9.18. The van der Waals surface area contributed by atoms with Crippen LogP contribution in [0.1, 0.15) is 72.6 Å². The Labute approximate surface area is 193 Å². The molecule has 4 saturated carbocycles. The number of nitrogens with zero attached hydrogens (tertiary/aromatic N) is 3. The van der Waals surface area contributed by atoms with Gasteiger partial charge in [0.1, 0.15) is 5.92 Å². The molecular formula is C27H40FN3O. The first-order chi connectivity index (χ1) is 15.3. The van der Waals surface area contributed by atoms with Crippen LogP contribution in [0.4, 0.5) is 4.39 Å². The number of rotatable bonds is 3. The van der Waals surface area contributed by atoms with Gasteiger partial charge in [-0.1, -0.05) is 34.1 Å². The van der Waals surface area contributed by atoms with Gasteiger partial charge in [-0.25, -0.2) is 4.39 Å². The Hall–Kier alpha value is -1.44. The Bertz CT molecular complexity index is 822. The lowest BCUT2D eigenvalue weighted by molar-refractivity contribution is -0.134. The lowest BCUT2D eigenvalue weighted by atomic mass is 9.48. The molecule has 4 nitrogen and oxygen atoms in total. The number of hydrogen-bond acceptors (Lipinski definition) is 4. The maximum atomic E-state index is 14.5. The Morgan fingerprint density at radius 3 is 2.59 bits per heavy atom. The van der Waals surface area contributed by atoms with Crippen LogP contribution >= 0.6 is 0 Å². The van der Waals surface area contributed by atoms with Crippen molar-refractivity contribution in [2.45, 2.75) is 78.9 Å². The monoisotopic (exact) mass is 441 g/mol. The number of carbonyl (C=O) groups is 1. The summed E-state index contributed by atoms with van der Waals surface area (Å²) in [7, 11) is 0. The maximum absolute atomic E-state index is 14.5. The van der Waals surface area contributed by atoms with Crippen molar-refractivity contribution in [3.05, 3.63) is 0 Å². The molecule has 0 amide bonds. The molecule has 176 valence electrons. The second-order valence-electron chi connectivity index (χ2n) is 12.4. The highest BCUT2D eigenvalue weighted by Crippen LogP contribution is 2.67. The molecule has 0 aromatic carbocycles. The first kappa shape index (κ1) is 22.4. The molecule has 0 radical (unpaired) electrons. The predicted octanol–water partition coefficient (Wildman–Crippen LogP) is 5.69. The Kier molecular flexibility index (Phi) is 5.66. The van der Waals surface area contributed by atoms with Crippen molar-refractivity contribution in [1.29, 1.82) is 5.26 Å². The molecule has 1 heterocycles. The molecule has 0 aromatic heterocycles. The molecule has 1 aliphatic heterocycles. The van der Waals surface area contributed by atoms with Gasteiger partial charge in [-0.05, 0) is 91.3 Å². The summed E-state index contributed by atoms with van der Waals surface area (Å²) in [6.45, 7) is 9.46. The molecular weight excluding hydrogens is 401 g/mol.